The van der Waals surface area contributed by atoms with Crippen molar-refractivity contribution in [3.63, 3.8) is 0 Å². The molecule has 0 aromatic heterocycles. The first-order valence-electron chi connectivity index (χ1n) is 6.95. The van der Waals surface area contributed by atoms with E-state index in [1.165, 1.54) is 6.92 Å². The molecule has 2 amide bonds. The van der Waals surface area contributed by atoms with E-state index in [4.69, 9.17) is 16.2 Å². The molecule has 0 saturated carbocycles. The van der Waals surface area contributed by atoms with Crippen LogP contribution in [0.4, 0.5) is 0 Å². The van der Waals surface area contributed by atoms with Crippen LogP contribution in [0.15, 0.2) is 30.3 Å². The van der Waals surface area contributed by atoms with E-state index in [9.17, 15) is 14.4 Å². The number of esters is 1. The van der Waals surface area contributed by atoms with E-state index in [-0.39, 0.29) is 19.4 Å². The van der Waals surface area contributed by atoms with Crippen molar-refractivity contribution in [3.05, 3.63) is 35.9 Å². The quantitative estimate of drug-likeness (QED) is 0.601. The smallest absolute Gasteiger partial charge is 0.306 e. The zero-order valence-corrected chi connectivity index (χ0v) is 12.5. The van der Waals surface area contributed by atoms with Gasteiger partial charge >= 0.3 is 5.97 Å². The van der Waals surface area contributed by atoms with Gasteiger partial charge in [0.1, 0.15) is 6.61 Å². The molecule has 0 fully saturated rings. The highest BCUT2D eigenvalue weighted by atomic mass is 16.5. The van der Waals surface area contributed by atoms with Gasteiger partial charge in [-0.1, -0.05) is 30.3 Å². The molecule has 0 bridgehead atoms. The molecule has 7 heteroatoms. The summed E-state index contributed by atoms with van der Waals surface area (Å²) in [6, 6.07) is 7.47. The van der Waals surface area contributed by atoms with Crippen molar-refractivity contribution < 1.29 is 19.1 Å². The molecule has 0 aliphatic heterocycles. The van der Waals surface area contributed by atoms with Gasteiger partial charge in [-0.25, -0.2) is 0 Å². The monoisotopic (exact) mass is 307 g/mol. The minimum atomic E-state index is -0.966. The molecule has 0 aliphatic rings. The molecule has 1 aromatic carbocycles. The third-order valence-corrected chi connectivity index (χ3v) is 2.90. The van der Waals surface area contributed by atoms with Crippen LogP contribution < -0.4 is 16.8 Å². The number of amides is 2. The normalized spacial score (nSPS) is 13.0. The summed E-state index contributed by atoms with van der Waals surface area (Å²) in [7, 11) is 0. The summed E-state index contributed by atoms with van der Waals surface area (Å²) in [4.78, 5) is 34.4. The van der Waals surface area contributed by atoms with Gasteiger partial charge < -0.3 is 16.2 Å². The number of rotatable bonds is 7. The lowest BCUT2D eigenvalue weighted by Gasteiger charge is -2.12. The molecule has 0 heterocycles. The molecule has 22 heavy (non-hydrogen) atoms. The molecule has 0 unspecified atom stereocenters. The predicted octanol–water partition coefficient (Wildman–Crippen LogP) is -0.173. The van der Waals surface area contributed by atoms with Crippen molar-refractivity contribution in [2.24, 2.45) is 11.5 Å². The number of hydrogen-bond donors (Lipinski definition) is 3. The molecule has 7 nitrogen and oxygen atoms in total. The Balaban J connectivity index is 2.28. The minimum absolute atomic E-state index is 0.00616. The maximum absolute atomic E-state index is 11.6. The van der Waals surface area contributed by atoms with E-state index in [2.05, 4.69) is 5.32 Å². The Labute approximate surface area is 129 Å². The molecule has 120 valence electrons. The predicted molar refractivity (Wildman–Crippen MR) is 80.2 cm³/mol. The molecule has 5 N–H and O–H groups in total. The van der Waals surface area contributed by atoms with Gasteiger partial charge in [0.05, 0.1) is 12.1 Å². The number of nitrogens with two attached hydrogens (primary N) is 2. The first kappa shape index (κ1) is 17.8. The lowest BCUT2D eigenvalue weighted by molar-refractivity contribution is -0.145. The Morgan fingerprint density at radius 2 is 1.77 bits per heavy atom. The fourth-order valence-corrected chi connectivity index (χ4v) is 1.54. The van der Waals surface area contributed by atoms with E-state index in [0.29, 0.717) is 0 Å². The van der Waals surface area contributed by atoms with Crippen molar-refractivity contribution in [1.29, 1.82) is 0 Å². The highest BCUT2D eigenvalue weighted by Gasteiger charge is 2.19. The second kappa shape index (κ2) is 8.91. The zero-order chi connectivity index (χ0) is 16.5. The average molecular weight is 307 g/mol. The van der Waals surface area contributed by atoms with Crippen molar-refractivity contribution in [2.75, 3.05) is 0 Å². The molecule has 1 aromatic rings. The average Bonchev–Trinajstić information content (AvgIpc) is 2.51. The van der Waals surface area contributed by atoms with Crippen LogP contribution in [0.3, 0.4) is 0 Å². The standard InChI is InChI=1S/C15H21N3O4/c1-10(16)14(20)18-15(21)12(17)7-8-13(19)22-9-11-5-3-2-4-6-11/h2-6,10,12H,7-9,16-17H2,1H3,(H,18,20,21)/t10-,12+/m0/s1. The summed E-state index contributed by atoms with van der Waals surface area (Å²) in [5.74, 6) is -1.71. The van der Waals surface area contributed by atoms with Crippen molar-refractivity contribution >= 4 is 17.8 Å². The van der Waals surface area contributed by atoms with Gasteiger partial charge in [0.25, 0.3) is 0 Å². The van der Waals surface area contributed by atoms with Crippen LogP contribution in [0.1, 0.15) is 25.3 Å². The minimum Gasteiger partial charge on any atom is -0.461 e. The second-order valence-corrected chi connectivity index (χ2v) is 4.93. The Hall–Kier alpha value is -2.25. The van der Waals surface area contributed by atoms with Crippen LogP contribution in [0.5, 0.6) is 0 Å². The van der Waals surface area contributed by atoms with Crippen LogP contribution in [-0.2, 0) is 25.7 Å². The first-order chi connectivity index (χ1) is 10.4. The Morgan fingerprint density at radius 1 is 1.14 bits per heavy atom. The van der Waals surface area contributed by atoms with E-state index in [1.807, 2.05) is 30.3 Å². The first-order valence-corrected chi connectivity index (χ1v) is 6.95. The topological polar surface area (TPSA) is 125 Å². The van der Waals surface area contributed by atoms with Crippen LogP contribution in [0, 0.1) is 0 Å². The maximum atomic E-state index is 11.6. The Morgan fingerprint density at radius 3 is 2.36 bits per heavy atom. The van der Waals surface area contributed by atoms with E-state index in [1.54, 1.807) is 0 Å². The summed E-state index contributed by atoms with van der Waals surface area (Å²) >= 11 is 0. The highest BCUT2D eigenvalue weighted by Crippen LogP contribution is 2.03. The third kappa shape index (κ3) is 6.47. The van der Waals surface area contributed by atoms with Crippen molar-refractivity contribution in [1.82, 2.24) is 5.32 Å². The number of carbonyl (C=O) groups is 3. The summed E-state index contributed by atoms with van der Waals surface area (Å²) in [6.45, 7) is 1.62. The van der Waals surface area contributed by atoms with Gasteiger partial charge in [-0.2, -0.15) is 0 Å². The maximum Gasteiger partial charge on any atom is 0.306 e. The summed E-state index contributed by atoms with van der Waals surface area (Å²) in [5.41, 5.74) is 11.8. The van der Waals surface area contributed by atoms with Crippen molar-refractivity contribution in [2.45, 2.75) is 38.5 Å². The highest BCUT2D eigenvalue weighted by molar-refractivity contribution is 5.99. The van der Waals surface area contributed by atoms with Gasteiger partial charge in [0.15, 0.2) is 0 Å². The molecule has 0 spiro atoms. The van der Waals surface area contributed by atoms with Gasteiger partial charge in [0.2, 0.25) is 11.8 Å². The van der Waals surface area contributed by atoms with Gasteiger partial charge in [0, 0.05) is 6.42 Å². The Kier molecular flexibility index (Phi) is 7.21. The van der Waals surface area contributed by atoms with Gasteiger partial charge in [-0.3, -0.25) is 19.7 Å². The van der Waals surface area contributed by atoms with E-state index in [0.717, 1.165) is 5.56 Å². The van der Waals surface area contributed by atoms with Gasteiger partial charge in [-0.15, -0.1) is 0 Å². The van der Waals surface area contributed by atoms with Gasteiger partial charge in [-0.05, 0) is 18.9 Å². The van der Waals surface area contributed by atoms with Crippen LogP contribution in [0.2, 0.25) is 0 Å². The molecule has 2 atom stereocenters. The fraction of sp³-hybridized carbons (Fsp3) is 0.400. The molecular formula is C15H21N3O4. The van der Waals surface area contributed by atoms with Crippen LogP contribution >= 0.6 is 0 Å². The number of hydrogen-bond acceptors (Lipinski definition) is 6. The number of nitrogens with one attached hydrogen (secondary N) is 1. The summed E-state index contributed by atoms with van der Waals surface area (Å²) in [6.07, 6.45) is 0.0828. The molecule has 0 radical (unpaired) electrons. The van der Waals surface area contributed by atoms with Crippen LogP contribution in [-0.4, -0.2) is 29.9 Å². The third-order valence-electron chi connectivity index (χ3n) is 2.90. The number of ether oxygens (including phenoxy) is 1. The number of carbonyl (C=O) groups excluding carboxylic acids is 3. The molecule has 0 saturated heterocycles. The van der Waals surface area contributed by atoms with E-state index < -0.39 is 29.9 Å². The van der Waals surface area contributed by atoms with Crippen molar-refractivity contribution in [3.8, 4) is 0 Å². The summed E-state index contributed by atoms with van der Waals surface area (Å²) in [5, 5.41) is 2.08. The lowest BCUT2D eigenvalue weighted by atomic mass is 10.1. The van der Waals surface area contributed by atoms with Crippen LogP contribution in [0.25, 0.3) is 0 Å². The SMILES string of the molecule is C[C@H](N)C(=O)NC(=O)[C@H](N)CCC(=O)OCc1ccccc1. The molecule has 1 rings (SSSR count). The fourth-order valence-electron chi connectivity index (χ4n) is 1.54. The zero-order valence-electron chi connectivity index (χ0n) is 12.5. The lowest BCUT2D eigenvalue weighted by Crippen LogP contribution is -2.48. The molecular weight excluding hydrogens is 286 g/mol. The summed E-state index contributed by atoms with van der Waals surface area (Å²) < 4.78 is 5.06. The number of imide groups is 1. The Bertz CT molecular complexity index is 517. The largest absolute Gasteiger partial charge is 0.461 e. The second-order valence-electron chi connectivity index (χ2n) is 4.93. The number of benzene rings is 1. The molecule has 0 aliphatic carbocycles. The van der Waals surface area contributed by atoms with E-state index >= 15 is 0 Å².